The molecule has 0 aliphatic carbocycles. The summed E-state index contributed by atoms with van der Waals surface area (Å²) in [6, 6.07) is 10.6. The molecule has 2 nitrogen and oxygen atoms in total. The van der Waals surface area contributed by atoms with Gasteiger partial charge in [-0.15, -0.1) is 0 Å². The molecule has 19 heavy (non-hydrogen) atoms. The molecule has 0 unspecified atom stereocenters. The molecule has 1 N–H and O–H groups in total. The highest BCUT2D eigenvalue weighted by Gasteiger charge is 2.07. The lowest BCUT2D eigenvalue weighted by atomic mass is 10.0. The molecule has 4 heteroatoms. The highest BCUT2D eigenvalue weighted by atomic mass is 35.5. The van der Waals surface area contributed by atoms with Crippen molar-refractivity contribution in [2.24, 2.45) is 0 Å². The van der Waals surface area contributed by atoms with Gasteiger partial charge < -0.3 is 10.1 Å². The summed E-state index contributed by atoms with van der Waals surface area (Å²) in [6.07, 6.45) is 0. The van der Waals surface area contributed by atoms with E-state index in [0.717, 1.165) is 16.7 Å². The monoisotopic (exact) mass is 279 g/mol. The van der Waals surface area contributed by atoms with E-state index in [9.17, 15) is 4.39 Å². The molecule has 2 rings (SSSR count). The smallest absolute Gasteiger partial charge is 0.165 e. The first-order valence-corrected chi connectivity index (χ1v) is 6.30. The van der Waals surface area contributed by atoms with Gasteiger partial charge in [-0.2, -0.15) is 0 Å². The van der Waals surface area contributed by atoms with Crippen LogP contribution < -0.4 is 10.1 Å². The third kappa shape index (κ3) is 3.06. The summed E-state index contributed by atoms with van der Waals surface area (Å²) < 4.78 is 18.6. The summed E-state index contributed by atoms with van der Waals surface area (Å²) in [5, 5.41) is 3.76. The van der Waals surface area contributed by atoms with E-state index in [2.05, 4.69) is 5.32 Å². The lowest BCUT2D eigenvalue weighted by Gasteiger charge is -2.09. The predicted molar refractivity (Wildman–Crippen MR) is 76.2 cm³/mol. The van der Waals surface area contributed by atoms with E-state index in [4.69, 9.17) is 16.3 Å². The number of ether oxygens (including phenoxy) is 1. The Kier molecular flexibility index (Phi) is 4.40. The Hall–Kier alpha value is -1.58. The molecule has 0 aliphatic rings. The maximum atomic E-state index is 13.7. The van der Waals surface area contributed by atoms with E-state index in [1.165, 1.54) is 13.2 Å². The highest BCUT2D eigenvalue weighted by molar-refractivity contribution is 6.31. The van der Waals surface area contributed by atoms with Crippen molar-refractivity contribution in [2.45, 2.75) is 6.54 Å². The van der Waals surface area contributed by atoms with Gasteiger partial charge in [0.1, 0.15) is 0 Å². The van der Waals surface area contributed by atoms with Crippen LogP contribution in [0.2, 0.25) is 5.02 Å². The molecule has 0 radical (unpaired) electrons. The van der Waals surface area contributed by atoms with Crippen molar-refractivity contribution in [2.75, 3.05) is 14.2 Å². The molecule has 0 amide bonds. The van der Waals surface area contributed by atoms with Gasteiger partial charge in [-0.05, 0) is 48.0 Å². The zero-order valence-electron chi connectivity index (χ0n) is 10.8. The summed E-state index contributed by atoms with van der Waals surface area (Å²) >= 11 is 6.11. The molecular formula is C15H15ClFNO. The number of halogens is 2. The number of hydrogen-bond acceptors (Lipinski definition) is 2. The first kappa shape index (κ1) is 13.8. The fourth-order valence-electron chi connectivity index (χ4n) is 1.93. The summed E-state index contributed by atoms with van der Waals surface area (Å²) in [5.41, 5.74) is 2.71. The lowest BCUT2D eigenvalue weighted by Crippen LogP contribution is -2.05. The Labute approximate surface area is 117 Å². The molecule has 100 valence electrons. The zero-order valence-corrected chi connectivity index (χ0v) is 11.6. The molecule has 2 aromatic rings. The van der Waals surface area contributed by atoms with Crippen LogP contribution in [0.3, 0.4) is 0 Å². The van der Waals surface area contributed by atoms with E-state index >= 15 is 0 Å². The second kappa shape index (κ2) is 6.04. The van der Waals surface area contributed by atoms with Crippen LogP contribution in [0.25, 0.3) is 11.1 Å². The van der Waals surface area contributed by atoms with Gasteiger partial charge in [-0.3, -0.25) is 0 Å². The van der Waals surface area contributed by atoms with Gasteiger partial charge in [0.2, 0.25) is 0 Å². The topological polar surface area (TPSA) is 21.3 Å². The lowest BCUT2D eigenvalue weighted by molar-refractivity contribution is 0.386. The number of rotatable bonds is 4. The van der Waals surface area contributed by atoms with E-state index in [1.807, 2.05) is 31.3 Å². The van der Waals surface area contributed by atoms with Gasteiger partial charge in [0.05, 0.1) is 7.11 Å². The minimum atomic E-state index is -0.370. The first-order chi connectivity index (χ1) is 9.15. The van der Waals surface area contributed by atoms with Crippen molar-refractivity contribution >= 4 is 11.6 Å². The van der Waals surface area contributed by atoms with Gasteiger partial charge >= 0.3 is 0 Å². The quantitative estimate of drug-likeness (QED) is 0.917. The van der Waals surface area contributed by atoms with Crippen molar-refractivity contribution < 1.29 is 9.13 Å². The fraction of sp³-hybridized carbons (Fsp3) is 0.200. The minimum absolute atomic E-state index is 0.244. The minimum Gasteiger partial charge on any atom is -0.494 e. The van der Waals surface area contributed by atoms with Crippen molar-refractivity contribution in [1.82, 2.24) is 5.32 Å². The summed E-state index contributed by atoms with van der Waals surface area (Å²) in [7, 11) is 3.31. The van der Waals surface area contributed by atoms with E-state index in [0.29, 0.717) is 11.6 Å². The van der Waals surface area contributed by atoms with Crippen molar-refractivity contribution in [1.29, 1.82) is 0 Å². The van der Waals surface area contributed by atoms with Gasteiger partial charge in [0.15, 0.2) is 11.6 Å². The molecule has 0 saturated carbocycles. The maximum Gasteiger partial charge on any atom is 0.165 e. The van der Waals surface area contributed by atoms with Crippen LogP contribution in [0.15, 0.2) is 36.4 Å². The zero-order chi connectivity index (χ0) is 13.8. The van der Waals surface area contributed by atoms with Gasteiger partial charge in [-0.1, -0.05) is 23.7 Å². The molecule has 0 spiro atoms. The average molecular weight is 280 g/mol. The van der Waals surface area contributed by atoms with Gasteiger partial charge in [0, 0.05) is 11.6 Å². The average Bonchev–Trinajstić information content (AvgIpc) is 2.41. The summed E-state index contributed by atoms with van der Waals surface area (Å²) in [6.45, 7) is 0.672. The van der Waals surface area contributed by atoms with Crippen molar-refractivity contribution in [3.8, 4) is 16.9 Å². The number of hydrogen-bond donors (Lipinski definition) is 1. The van der Waals surface area contributed by atoms with Crippen LogP contribution in [0, 0.1) is 5.82 Å². The molecule has 0 aliphatic heterocycles. The largest absolute Gasteiger partial charge is 0.494 e. The Morgan fingerprint density at radius 2 is 1.84 bits per heavy atom. The first-order valence-electron chi connectivity index (χ1n) is 5.92. The summed E-state index contributed by atoms with van der Waals surface area (Å²) in [5.74, 6) is -0.127. The fourth-order valence-corrected chi connectivity index (χ4v) is 2.11. The van der Waals surface area contributed by atoms with Crippen LogP contribution in [0.4, 0.5) is 4.39 Å². The molecule has 0 saturated heterocycles. The van der Waals surface area contributed by atoms with E-state index < -0.39 is 0 Å². The third-order valence-corrected chi connectivity index (χ3v) is 3.27. The standard InChI is InChI=1S/C15H15ClFNO/c1-18-9-12-7-10(3-5-13(12)16)11-4-6-15(19-2)14(17)8-11/h3-8,18H,9H2,1-2H3. The number of methoxy groups -OCH3 is 1. The maximum absolute atomic E-state index is 13.7. The molecular weight excluding hydrogens is 265 g/mol. The number of nitrogens with one attached hydrogen (secondary N) is 1. The molecule has 0 bridgehead atoms. The summed E-state index contributed by atoms with van der Waals surface area (Å²) in [4.78, 5) is 0. The van der Waals surface area contributed by atoms with Crippen LogP contribution in [-0.4, -0.2) is 14.2 Å². The van der Waals surface area contributed by atoms with Crippen molar-refractivity contribution in [3.63, 3.8) is 0 Å². The Bertz CT molecular complexity index is 586. The highest BCUT2D eigenvalue weighted by Crippen LogP contribution is 2.28. The molecule has 0 aromatic heterocycles. The van der Waals surface area contributed by atoms with E-state index in [-0.39, 0.29) is 11.6 Å². The molecule has 0 atom stereocenters. The van der Waals surface area contributed by atoms with Crippen molar-refractivity contribution in [3.05, 3.63) is 52.8 Å². The molecule has 0 heterocycles. The normalized spacial score (nSPS) is 10.5. The predicted octanol–water partition coefficient (Wildman–Crippen LogP) is 3.87. The third-order valence-electron chi connectivity index (χ3n) is 2.90. The van der Waals surface area contributed by atoms with E-state index in [1.54, 1.807) is 6.07 Å². The number of benzene rings is 2. The van der Waals surface area contributed by atoms with Gasteiger partial charge in [-0.25, -0.2) is 4.39 Å². The Morgan fingerprint density at radius 3 is 2.47 bits per heavy atom. The van der Waals surface area contributed by atoms with Crippen LogP contribution in [0.5, 0.6) is 5.75 Å². The molecule has 0 fully saturated rings. The Balaban J connectivity index is 2.41. The van der Waals surface area contributed by atoms with Crippen LogP contribution in [-0.2, 0) is 6.54 Å². The second-order valence-corrected chi connectivity index (χ2v) is 4.59. The molecule has 2 aromatic carbocycles. The SMILES string of the molecule is CNCc1cc(-c2ccc(OC)c(F)c2)ccc1Cl. The van der Waals surface area contributed by atoms with Crippen LogP contribution >= 0.6 is 11.6 Å². The van der Waals surface area contributed by atoms with Gasteiger partial charge in [0.25, 0.3) is 0 Å². The van der Waals surface area contributed by atoms with Crippen LogP contribution in [0.1, 0.15) is 5.56 Å². The Morgan fingerprint density at radius 1 is 1.16 bits per heavy atom. The second-order valence-electron chi connectivity index (χ2n) is 4.19.